The molecule has 0 saturated heterocycles. The Hall–Kier alpha value is -0.560. The van der Waals surface area contributed by atoms with Gasteiger partial charge >= 0.3 is 0 Å². The van der Waals surface area contributed by atoms with Gasteiger partial charge in [0, 0.05) is 6.04 Å². The van der Waals surface area contributed by atoms with Crippen molar-refractivity contribution in [3.05, 3.63) is 23.3 Å². The van der Waals surface area contributed by atoms with E-state index in [0.717, 1.165) is 0 Å². The highest BCUT2D eigenvalue weighted by molar-refractivity contribution is 5.02. The van der Waals surface area contributed by atoms with Crippen LogP contribution in [0.2, 0.25) is 0 Å². The summed E-state index contributed by atoms with van der Waals surface area (Å²) in [6.45, 7) is 12.6. The highest BCUT2D eigenvalue weighted by atomic mass is 15.1. The zero-order valence-corrected chi connectivity index (χ0v) is 16.3. The fourth-order valence-corrected chi connectivity index (χ4v) is 2.67. The molecule has 0 spiro atoms. The third-order valence-corrected chi connectivity index (χ3v) is 4.54. The van der Waals surface area contributed by atoms with E-state index in [1.807, 2.05) is 0 Å². The van der Waals surface area contributed by atoms with Gasteiger partial charge in [-0.25, -0.2) is 0 Å². The molecule has 1 atom stereocenters. The van der Waals surface area contributed by atoms with Gasteiger partial charge in [0.05, 0.1) is 0 Å². The molecule has 0 amide bonds. The number of rotatable bonds is 13. The average molecular weight is 308 g/mol. The van der Waals surface area contributed by atoms with Gasteiger partial charge < -0.3 is 4.90 Å². The lowest BCUT2D eigenvalue weighted by atomic mass is 10.1. The van der Waals surface area contributed by atoms with E-state index in [9.17, 15) is 0 Å². The molecule has 0 radical (unpaired) electrons. The van der Waals surface area contributed by atoms with Crippen LogP contribution in [0.4, 0.5) is 0 Å². The monoisotopic (exact) mass is 307 g/mol. The summed E-state index contributed by atoms with van der Waals surface area (Å²) >= 11 is 0. The first-order chi connectivity index (χ1) is 10.5. The summed E-state index contributed by atoms with van der Waals surface area (Å²) in [4.78, 5) is 2.54. The summed E-state index contributed by atoms with van der Waals surface area (Å²) in [7, 11) is 2.29. The summed E-state index contributed by atoms with van der Waals surface area (Å²) in [5.41, 5.74) is 2.98. The van der Waals surface area contributed by atoms with Crippen LogP contribution in [0.3, 0.4) is 0 Å². The lowest BCUT2D eigenvalue weighted by molar-refractivity contribution is 0.241. The number of hydrogen-bond donors (Lipinski definition) is 0. The Labute approximate surface area is 140 Å². The molecule has 0 N–H and O–H groups in total. The second kappa shape index (κ2) is 14.1. The van der Waals surface area contributed by atoms with E-state index in [2.05, 4.69) is 58.7 Å². The highest BCUT2D eigenvalue weighted by Gasteiger charge is 2.07. The quantitative estimate of drug-likeness (QED) is 0.269. The third kappa shape index (κ3) is 13.1. The molecule has 0 aromatic carbocycles. The Morgan fingerprint density at radius 1 is 0.955 bits per heavy atom. The summed E-state index contributed by atoms with van der Waals surface area (Å²) < 4.78 is 0. The molecular weight excluding hydrogens is 266 g/mol. The summed E-state index contributed by atoms with van der Waals surface area (Å²) in [5, 5.41) is 0. The Kier molecular flexibility index (Phi) is 13.7. The van der Waals surface area contributed by atoms with Crippen molar-refractivity contribution in [3.8, 4) is 0 Å². The molecule has 0 aliphatic rings. The lowest BCUT2D eigenvalue weighted by Crippen LogP contribution is -2.29. The van der Waals surface area contributed by atoms with Crippen LogP contribution in [0.25, 0.3) is 0 Å². The van der Waals surface area contributed by atoms with E-state index in [1.54, 1.807) is 5.57 Å². The van der Waals surface area contributed by atoms with Crippen LogP contribution in [0.15, 0.2) is 23.3 Å². The first kappa shape index (κ1) is 21.4. The van der Waals surface area contributed by atoms with Gasteiger partial charge in [0.2, 0.25) is 0 Å². The van der Waals surface area contributed by atoms with Crippen LogP contribution < -0.4 is 0 Å². The Bertz CT molecular complexity index is 310. The number of allylic oxidation sites excluding steroid dienone is 4. The molecule has 0 aliphatic carbocycles. The predicted octanol–water partition coefficient (Wildman–Crippen LogP) is 6.75. The topological polar surface area (TPSA) is 3.24 Å². The van der Waals surface area contributed by atoms with Gasteiger partial charge in [-0.05, 0) is 73.4 Å². The molecule has 1 unspecified atom stereocenters. The van der Waals surface area contributed by atoms with Crippen molar-refractivity contribution in [2.45, 2.75) is 98.4 Å². The van der Waals surface area contributed by atoms with Crippen molar-refractivity contribution in [1.29, 1.82) is 0 Å². The van der Waals surface area contributed by atoms with Gasteiger partial charge in [-0.1, -0.05) is 55.9 Å². The second-order valence-corrected chi connectivity index (χ2v) is 7.19. The van der Waals surface area contributed by atoms with Crippen LogP contribution in [0.1, 0.15) is 92.4 Å². The zero-order valence-electron chi connectivity index (χ0n) is 16.3. The molecule has 0 aromatic heterocycles. The van der Waals surface area contributed by atoms with Crippen molar-refractivity contribution in [3.63, 3.8) is 0 Å². The standard InChI is InChI=1S/C21H41N/c1-7-8-9-10-11-18-22(6)21(5)17-13-16-20(4)15-12-14-19(2)3/h14,16,21H,7-13,15,17-18H2,1-6H3/b20-16+. The molecule has 1 heteroatoms. The van der Waals surface area contributed by atoms with E-state index >= 15 is 0 Å². The van der Waals surface area contributed by atoms with Crippen molar-refractivity contribution in [1.82, 2.24) is 4.90 Å². The Morgan fingerprint density at radius 2 is 1.64 bits per heavy atom. The van der Waals surface area contributed by atoms with Crippen molar-refractivity contribution >= 4 is 0 Å². The fraction of sp³-hybridized carbons (Fsp3) is 0.810. The minimum absolute atomic E-state index is 0.702. The Morgan fingerprint density at radius 3 is 2.27 bits per heavy atom. The van der Waals surface area contributed by atoms with Gasteiger partial charge in [-0.2, -0.15) is 0 Å². The van der Waals surface area contributed by atoms with E-state index in [4.69, 9.17) is 0 Å². The van der Waals surface area contributed by atoms with Gasteiger partial charge in [-0.3, -0.25) is 0 Å². The maximum atomic E-state index is 2.54. The van der Waals surface area contributed by atoms with Crippen molar-refractivity contribution < 1.29 is 0 Å². The lowest BCUT2D eigenvalue weighted by Gasteiger charge is -2.24. The molecule has 1 nitrogen and oxygen atoms in total. The summed E-state index contributed by atoms with van der Waals surface area (Å²) in [6, 6.07) is 0.702. The first-order valence-corrected chi connectivity index (χ1v) is 9.46. The van der Waals surface area contributed by atoms with Gasteiger partial charge in [0.25, 0.3) is 0 Å². The molecule has 0 saturated carbocycles. The Balaban J connectivity index is 3.77. The van der Waals surface area contributed by atoms with Gasteiger partial charge in [0.1, 0.15) is 0 Å². The third-order valence-electron chi connectivity index (χ3n) is 4.54. The van der Waals surface area contributed by atoms with Crippen LogP contribution in [-0.2, 0) is 0 Å². The molecule has 130 valence electrons. The largest absolute Gasteiger partial charge is 0.304 e. The first-order valence-electron chi connectivity index (χ1n) is 9.46. The van der Waals surface area contributed by atoms with E-state index in [0.29, 0.717) is 6.04 Å². The molecule has 0 aliphatic heterocycles. The summed E-state index contributed by atoms with van der Waals surface area (Å²) in [6.07, 6.45) is 16.6. The van der Waals surface area contributed by atoms with Crippen LogP contribution in [0, 0.1) is 0 Å². The molecule has 0 heterocycles. The van der Waals surface area contributed by atoms with Crippen molar-refractivity contribution in [2.75, 3.05) is 13.6 Å². The second-order valence-electron chi connectivity index (χ2n) is 7.19. The van der Waals surface area contributed by atoms with E-state index in [-0.39, 0.29) is 0 Å². The highest BCUT2D eigenvalue weighted by Crippen LogP contribution is 2.12. The molecule has 0 fully saturated rings. The molecule has 0 rings (SSSR count). The van der Waals surface area contributed by atoms with Crippen LogP contribution in [0.5, 0.6) is 0 Å². The molecule has 22 heavy (non-hydrogen) atoms. The minimum Gasteiger partial charge on any atom is -0.304 e. The van der Waals surface area contributed by atoms with Gasteiger partial charge in [0.15, 0.2) is 0 Å². The van der Waals surface area contributed by atoms with E-state index < -0.39 is 0 Å². The number of unbranched alkanes of at least 4 members (excludes halogenated alkanes) is 4. The zero-order chi connectivity index (χ0) is 16.8. The van der Waals surface area contributed by atoms with Gasteiger partial charge in [-0.15, -0.1) is 0 Å². The maximum Gasteiger partial charge on any atom is 0.00668 e. The SMILES string of the molecule is CCCCCCCN(C)C(C)CC/C=C(\C)CCC=C(C)C. The normalized spacial score (nSPS) is 13.5. The smallest absolute Gasteiger partial charge is 0.00668 e. The molecule has 0 bridgehead atoms. The van der Waals surface area contributed by atoms with Crippen molar-refractivity contribution in [2.24, 2.45) is 0 Å². The molecule has 0 aromatic rings. The predicted molar refractivity (Wildman–Crippen MR) is 103 cm³/mol. The van der Waals surface area contributed by atoms with E-state index in [1.165, 1.54) is 69.9 Å². The number of hydrogen-bond acceptors (Lipinski definition) is 1. The maximum absolute atomic E-state index is 2.54. The summed E-state index contributed by atoms with van der Waals surface area (Å²) in [5.74, 6) is 0. The average Bonchev–Trinajstić information content (AvgIpc) is 2.46. The minimum atomic E-state index is 0.702. The van der Waals surface area contributed by atoms with Crippen LogP contribution in [-0.4, -0.2) is 24.5 Å². The fourth-order valence-electron chi connectivity index (χ4n) is 2.67. The molecular formula is C21H41N. The number of nitrogens with zero attached hydrogens (tertiary/aromatic N) is 1. The van der Waals surface area contributed by atoms with Crippen LogP contribution >= 0.6 is 0 Å².